The minimum absolute atomic E-state index is 0.0782. The molecule has 0 bridgehead atoms. The van der Waals surface area contributed by atoms with Crippen molar-refractivity contribution in [3.8, 4) is 0 Å². The van der Waals surface area contributed by atoms with E-state index in [2.05, 4.69) is 27.0 Å². The van der Waals surface area contributed by atoms with Crippen molar-refractivity contribution in [2.75, 3.05) is 0 Å². The lowest BCUT2D eigenvalue weighted by molar-refractivity contribution is 0.435. The smallest absolute Gasteiger partial charge is 0.108 e. The number of hydrogen-bond acceptors (Lipinski definition) is 1. The second-order valence-corrected chi connectivity index (χ2v) is 2.71. The van der Waals surface area contributed by atoms with E-state index in [0.717, 1.165) is 12.0 Å². The summed E-state index contributed by atoms with van der Waals surface area (Å²) in [5.74, 6) is 0.556. The lowest BCUT2D eigenvalue weighted by Crippen LogP contribution is -1.92. The van der Waals surface area contributed by atoms with Crippen molar-refractivity contribution in [2.24, 2.45) is 5.92 Å². The summed E-state index contributed by atoms with van der Waals surface area (Å²) in [4.78, 5) is 0. The first-order valence-corrected chi connectivity index (χ1v) is 3.82. The van der Waals surface area contributed by atoms with Crippen molar-refractivity contribution < 1.29 is 5.11 Å². The molecule has 11 heavy (non-hydrogen) atoms. The molecular weight excluding hydrogens is 136 g/mol. The topological polar surface area (TPSA) is 20.2 Å². The Bertz CT molecular complexity index is 177. The van der Waals surface area contributed by atoms with Crippen LogP contribution >= 0.6 is 0 Å². The molecule has 1 atom stereocenters. The van der Waals surface area contributed by atoms with Crippen LogP contribution in [0.25, 0.3) is 0 Å². The standard InChI is InChI=1S/C10H16O/c1-5-8(2)9(3)6-7-10(4)11/h6-8,11H,3-5H2,1-2H3. The Hall–Kier alpha value is -0.980. The predicted molar refractivity (Wildman–Crippen MR) is 49.5 cm³/mol. The lowest BCUT2D eigenvalue weighted by Gasteiger charge is -2.06. The highest BCUT2D eigenvalue weighted by Gasteiger charge is 1.98. The van der Waals surface area contributed by atoms with E-state index >= 15 is 0 Å². The Morgan fingerprint density at radius 2 is 2.00 bits per heavy atom. The summed E-state index contributed by atoms with van der Waals surface area (Å²) in [6.45, 7) is 11.4. The molecule has 0 aromatic carbocycles. The van der Waals surface area contributed by atoms with E-state index < -0.39 is 0 Å². The Kier molecular flexibility index (Phi) is 4.35. The first-order valence-electron chi connectivity index (χ1n) is 3.82. The van der Waals surface area contributed by atoms with Gasteiger partial charge in [0.15, 0.2) is 0 Å². The molecule has 0 aliphatic rings. The Balaban J connectivity index is 3.96. The number of rotatable bonds is 4. The molecule has 0 rings (SSSR count). The van der Waals surface area contributed by atoms with E-state index in [1.165, 1.54) is 0 Å². The second kappa shape index (κ2) is 4.78. The highest BCUT2D eigenvalue weighted by molar-refractivity contribution is 5.22. The fourth-order valence-corrected chi connectivity index (χ4v) is 0.630. The molecule has 0 aromatic heterocycles. The van der Waals surface area contributed by atoms with E-state index in [9.17, 15) is 0 Å². The molecule has 0 saturated heterocycles. The SMILES string of the molecule is C=C(O)C=CC(=C)C(C)CC. The van der Waals surface area contributed by atoms with E-state index in [1.54, 1.807) is 12.2 Å². The molecule has 0 amide bonds. The summed E-state index contributed by atoms with van der Waals surface area (Å²) in [6.07, 6.45) is 4.44. The Morgan fingerprint density at radius 3 is 2.36 bits per heavy atom. The zero-order valence-electron chi connectivity index (χ0n) is 7.30. The molecule has 0 aliphatic heterocycles. The fraction of sp³-hybridized carbons (Fsp3) is 0.400. The van der Waals surface area contributed by atoms with Crippen LogP contribution in [0.15, 0.2) is 36.6 Å². The maximum atomic E-state index is 8.73. The monoisotopic (exact) mass is 152 g/mol. The zero-order chi connectivity index (χ0) is 8.85. The van der Waals surface area contributed by atoms with E-state index in [4.69, 9.17) is 5.11 Å². The van der Waals surface area contributed by atoms with Gasteiger partial charge in [-0.15, -0.1) is 0 Å². The van der Waals surface area contributed by atoms with Crippen molar-refractivity contribution in [2.45, 2.75) is 20.3 Å². The lowest BCUT2D eigenvalue weighted by atomic mass is 10.00. The molecule has 0 fully saturated rings. The van der Waals surface area contributed by atoms with Gasteiger partial charge in [-0.05, 0) is 18.4 Å². The molecule has 1 N–H and O–H groups in total. The third-order valence-electron chi connectivity index (χ3n) is 1.74. The van der Waals surface area contributed by atoms with Crippen molar-refractivity contribution in [1.29, 1.82) is 0 Å². The molecule has 1 nitrogen and oxygen atoms in total. The second-order valence-electron chi connectivity index (χ2n) is 2.71. The summed E-state index contributed by atoms with van der Waals surface area (Å²) < 4.78 is 0. The summed E-state index contributed by atoms with van der Waals surface area (Å²) in [5, 5.41) is 8.73. The van der Waals surface area contributed by atoms with Gasteiger partial charge in [-0.3, -0.25) is 0 Å². The van der Waals surface area contributed by atoms with Gasteiger partial charge in [-0.1, -0.05) is 38.7 Å². The van der Waals surface area contributed by atoms with Crippen LogP contribution in [0.5, 0.6) is 0 Å². The molecule has 1 heteroatoms. The van der Waals surface area contributed by atoms with E-state index in [0.29, 0.717) is 5.92 Å². The molecule has 1 unspecified atom stereocenters. The average Bonchev–Trinajstić information content (AvgIpc) is 1.98. The number of aliphatic hydroxyl groups excluding tert-OH is 1. The minimum Gasteiger partial charge on any atom is -0.509 e. The quantitative estimate of drug-likeness (QED) is 0.484. The van der Waals surface area contributed by atoms with Crippen molar-refractivity contribution in [1.82, 2.24) is 0 Å². The normalized spacial score (nSPS) is 13.3. The van der Waals surface area contributed by atoms with E-state index in [1.807, 2.05) is 0 Å². The molecule has 62 valence electrons. The highest BCUT2D eigenvalue weighted by Crippen LogP contribution is 2.13. The summed E-state index contributed by atoms with van der Waals surface area (Å²) in [7, 11) is 0. The Morgan fingerprint density at radius 1 is 1.45 bits per heavy atom. The van der Waals surface area contributed by atoms with Gasteiger partial charge in [0.05, 0.1) is 0 Å². The van der Waals surface area contributed by atoms with Gasteiger partial charge in [-0.25, -0.2) is 0 Å². The van der Waals surface area contributed by atoms with Crippen LogP contribution < -0.4 is 0 Å². The van der Waals surface area contributed by atoms with Gasteiger partial charge in [-0.2, -0.15) is 0 Å². The van der Waals surface area contributed by atoms with Crippen molar-refractivity contribution in [3.05, 3.63) is 36.6 Å². The highest BCUT2D eigenvalue weighted by atomic mass is 16.3. The first kappa shape index (κ1) is 10.0. The molecular formula is C10H16O. The maximum Gasteiger partial charge on any atom is 0.108 e. The van der Waals surface area contributed by atoms with Crippen LogP contribution in [-0.4, -0.2) is 5.11 Å². The summed E-state index contributed by atoms with van der Waals surface area (Å²) in [5.41, 5.74) is 1.03. The van der Waals surface area contributed by atoms with Crippen LogP contribution in [0.4, 0.5) is 0 Å². The average molecular weight is 152 g/mol. The first-order chi connectivity index (χ1) is 5.07. The van der Waals surface area contributed by atoms with Crippen LogP contribution in [0.3, 0.4) is 0 Å². The molecule has 0 radical (unpaired) electrons. The van der Waals surface area contributed by atoms with Crippen LogP contribution in [0.2, 0.25) is 0 Å². The zero-order valence-corrected chi connectivity index (χ0v) is 7.30. The van der Waals surface area contributed by atoms with Crippen LogP contribution in [0, 0.1) is 5.92 Å². The van der Waals surface area contributed by atoms with Gasteiger partial charge in [0.25, 0.3) is 0 Å². The van der Waals surface area contributed by atoms with E-state index in [-0.39, 0.29) is 5.76 Å². The van der Waals surface area contributed by atoms with Gasteiger partial charge in [0.2, 0.25) is 0 Å². The van der Waals surface area contributed by atoms with Crippen molar-refractivity contribution in [3.63, 3.8) is 0 Å². The van der Waals surface area contributed by atoms with Gasteiger partial charge in [0, 0.05) is 0 Å². The molecule has 0 heterocycles. The number of hydrogen-bond donors (Lipinski definition) is 1. The molecule has 0 aromatic rings. The van der Waals surface area contributed by atoms with Gasteiger partial charge < -0.3 is 5.11 Å². The summed E-state index contributed by atoms with van der Waals surface area (Å²) >= 11 is 0. The summed E-state index contributed by atoms with van der Waals surface area (Å²) in [6, 6.07) is 0. The third-order valence-corrected chi connectivity index (χ3v) is 1.74. The van der Waals surface area contributed by atoms with Gasteiger partial charge >= 0.3 is 0 Å². The maximum absolute atomic E-state index is 8.73. The molecule has 0 spiro atoms. The Labute approximate surface area is 68.7 Å². The molecule has 0 saturated carbocycles. The number of aliphatic hydroxyl groups is 1. The number of allylic oxidation sites excluding steroid dienone is 3. The van der Waals surface area contributed by atoms with Crippen LogP contribution in [0.1, 0.15) is 20.3 Å². The largest absolute Gasteiger partial charge is 0.509 e. The molecule has 0 aliphatic carbocycles. The predicted octanol–water partition coefficient (Wildman–Crippen LogP) is 3.22. The van der Waals surface area contributed by atoms with Gasteiger partial charge in [0.1, 0.15) is 5.76 Å². The fourth-order valence-electron chi connectivity index (χ4n) is 0.630. The minimum atomic E-state index is 0.0782. The van der Waals surface area contributed by atoms with Crippen molar-refractivity contribution >= 4 is 0 Å². The third kappa shape index (κ3) is 4.43. The van der Waals surface area contributed by atoms with Crippen LogP contribution in [-0.2, 0) is 0 Å².